The molecule has 0 radical (unpaired) electrons. The predicted octanol–water partition coefficient (Wildman–Crippen LogP) is 1.64. The fraction of sp³-hybridized carbons (Fsp3) is 0.0909. The van der Waals surface area contributed by atoms with E-state index < -0.39 is 0 Å². The molecule has 0 atom stereocenters. The Morgan fingerprint density at radius 3 is 2.88 bits per heavy atom. The van der Waals surface area contributed by atoms with Crippen LogP contribution in [0.1, 0.15) is 5.56 Å². The number of nitrogen functional groups attached to an aromatic ring is 1. The van der Waals surface area contributed by atoms with Gasteiger partial charge < -0.3 is 5.73 Å². The number of benzene rings is 1. The second-order valence-corrected chi connectivity index (χ2v) is 4.23. The maximum atomic E-state index is 11.4. The van der Waals surface area contributed by atoms with Gasteiger partial charge in [0.15, 0.2) is 0 Å². The number of nitrogens with zero attached hydrogens (tertiary/aromatic N) is 2. The molecular weight excluding hydrogens is 270 g/mol. The maximum absolute atomic E-state index is 11.4. The van der Waals surface area contributed by atoms with E-state index in [9.17, 15) is 4.79 Å². The third-order valence-electron chi connectivity index (χ3n) is 2.18. The van der Waals surface area contributed by atoms with E-state index in [2.05, 4.69) is 21.0 Å². The molecule has 82 valence electrons. The first-order chi connectivity index (χ1) is 7.66. The van der Waals surface area contributed by atoms with Crippen LogP contribution in [0.2, 0.25) is 0 Å². The zero-order valence-electron chi connectivity index (χ0n) is 8.43. The first-order valence-corrected chi connectivity index (χ1v) is 5.52. The van der Waals surface area contributed by atoms with Gasteiger partial charge >= 0.3 is 0 Å². The molecule has 4 nitrogen and oxygen atoms in total. The molecule has 0 aliphatic carbocycles. The lowest BCUT2D eigenvalue weighted by molar-refractivity contribution is 0.639. The smallest absolute Gasteiger partial charge is 0.267 e. The van der Waals surface area contributed by atoms with Crippen LogP contribution in [0.15, 0.2) is 45.8 Å². The van der Waals surface area contributed by atoms with E-state index in [0.29, 0.717) is 12.2 Å². The molecule has 0 unspecified atom stereocenters. The van der Waals surface area contributed by atoms with Crippen LogP contribution >= 0.6 is 15.9 Å². The average molecular weight is 280 g/mol. The predicted molar refractivity (Wildman–Crippen MR) is 66.2 cm³/mol. The Bertz CT molecular complexity index is 565. The number of rotatable bonds is 2. The van der Waals surface area contributed by atoms with Gasteiger partial charge in [0, 0.05) is 22.4 Å². The fourth-order valence-corrected chi connectivity index (χ4v) is 1.62. The van der Waals surface area contributed by atoms with E-state index >= 15 is 0 Å². The molecule has 0 aliphatic heterocycles. The summed E-state index contributed by atoms with van der Waals surface area (Å²) in [5.74, 6) is 0. The molecule has 1 aromatic carbocycles. The molecule has 2 N–H and O–H groups in total. The SMILES string of the molecule is Nc1cc(Cn2ncccc2=O)ccc1Br. The van der Waals surface area contributed by atoms with Gasteiger partial charge in [-0.15, -0.1) is 0 Å². The number of anilines is 1. The fourth-order valence-electron chi connectivity index (χ4n) is 1.37. The second-order valence-electron chi connectivity index (χ2n) is 3.38. The van der Waals surface area contributed by atoms with Gasteiger partial charge in [0.05, 0.1) is 6.54 Å². The van der Waals surface area contributed by atoms with Gasteiger partial charge in [0.25, 0.3) is 5.56 Å². The van der Waals surface area contributed by atoms with E-state index in [1.165, 1.54) is 10.7 Å². The van der Waals surface area contributed by atoms with Crippen molar-refractivity contribution in [2.24, 2.45) is 0 Å². The molecular formula is C11H10BrN3O. The lowest BCUT2D eigenvalue weighted by Gasteiger charge is -2.05. The zero-order valence-corrected chi connectivity index (χ0v) is 10.0. The Hall–Kier alpha value is -1.62. The number of hydrogen-bond donors (Lipinski definition) is 1. The van der Waals surface area contributed by atoms with E-state index in [4.69, 9.17) is 5.73 Å². The lowest BCUT2D eigenvalue weighted by atomic mass is 10.2. The molecule has 2 rings (SSSR count). The highest BCUT2D eigenvalue weighted by Crippen LogP contribution is 2.20. The molecule has 1 aromatic heterocycles. The summed E-state index contributed by atoms with van der Waals surface area (Å²) in [6, 6.07) is 8.69. The molecule has 2 aromatic rings. The number of nitrogens with two attached hydrogens (primary N) is 1. The normalized spacial score (nSPS) is 10.3. The molecule has 0 bridgehead atoms. The van der Waals surface area contributed by atoms with Crippen LogP contribution in [0.25, 0.3) is 0 Å². The zero-order chi connectivity index (χ0) is 11.5. The first kappa shape index (κ1) is 10.9. The number of halogens is 1. The Morgan fingerprint density at radius 1 is 1.38 bits per heavy atom. The maximum Gasteiger partial charge on any atom is 0.267 e. The van der Waals surface area contributed by atoms with Crippen LogP contribution < -0.4 is 11.3 Å². The lowest BCUT2D eigenvalue weighted by Crippen LogP contribution is -2.21. The van der Waals surface area contributed by atoms with Gasteiger partial charge in [-0.3, -0.25) is 4.79 Å². The highest BCUT2D eigenvalue weighted by Gasteiger charge is 2.00. The largest absolute Gasteiger partial charge is 0.398 e. The van der Waals surface area contributed by atoms with E-state index in [1.807, 2.05) is 18.2 Å². The van der Waals surface area contributed by atoms with E-state index in [0.717, 1.165) is 10.0 Å². The minimum atomic E-state index is -0.121. The van der Waals surface area contributed by atoms with Crippen molar-refractivity contribution in [3.05, 3.63) is 56.9 Å². The van der Waals surface area contributed by atoms with Crippen LogP contribution in [0.5, 0.6) is 0 Å². The molecule has 0 amide bonds. The first-order valence-electron chi connectivity index (χ1n) is 4.73. The van der Waals surface area contributed by atoms with Crippen molar-refractivity contribution < 1.29 is 0 Å². The third-order valence-corrected chi connectivity index (χ3v) is 2.90. The van der Waals surface area contributed by atoms with Gasteiger partial charge in [0.2, 0.25) is 0 Å². The van der Waals surface area contributed by atoms with Gasteiger partial charge in [-0.25, -0.2) is 4.68 Å². The van der Waals surface area contributed by atoms with Gasteiger partial charge in [-0.2, -0.15) is 5.10 Å². The highest BCUT2D eigenvalue weighted by atomic mass is 79.9. The molecule has 0 saturated carbocycles. The van der Waals surface area contributed by atoms with Crippen LogP contribution in [-0.4, -0.2) is 9.78 Å². The quantitative estimate of drug-likeness (QED) is 0.851. The van der Waals surface area contributed by atoms with Gasteiger partial charge in [0.1, 0.15) is 0 Å². The summed E-state index contributed by atoms with van der Waals surface area (Å²) in [5, 5.41) is 3.98. The van der Waals surface area contributed by atoms with Crippen molar-refractivity contribution in [3.8, 4) is 0 Å². The third kappa shape index (κ3) is 2.30. The van der Waals surface area contributed by atoms with Crippen LogP contribution in [-0.2, 0) is 6.54 Å². The summed E-state index contributed by atoms with van der Waals surface area (Å²) in [5.41, 5.74) is 7.24. The highest BCUT2D eigenvalue weighted by molar-refractivity contribution is 9.10. The van der Waals surface area contributed by atoms with Crippen LogP contribution in [0.3, 0.4) is 0 Å². The molecule has 1 heterocycles. The Labute approximate surface area is 101 Å². The Kier molecular flexibility index (Phi) is 3.05. The Morgan fingerprint density at radius 2 is 2.19 bits per heavy atom. The molecule has 0 saturated heterocycles. The second kappa shape index (κ2) is 4.49. The standard InChI is InChI=1S/C11H10BrN3O/c12-9-4-3-8(6-10(9)13)7-15-11(16)2-1-5-14-15/h1-6H,7,13H2. The number of hydrogen-bond acceptors (Lipinski definition) is 3. The summed E-state index contributed by atoms with van der Waals surface area (Å²) in [6.45, 7) is 0.428. The van der Waals surface area contributed by atoms with Crippen molar-refractivity contribution in [1.29, 1.82) is 0 Å². The average Bonchev–Trinajstić information content (AvgIpc) is 2.27. The van der Waals surface area contributed by atoms with Crippen LogP contribution in [0, 0.1) is 0 Å². The minimum absolute atomic E-state index is 0.121. The molecule has 16 heavy (non-hydrogen) atoms. The van der Waals surface area contributed by atoms with E-state index in [-0.39, 0.29) is 5.56 Å². The van der Waals surface area contributed by atoms with Crippen LogP contribution in [0.4, 0.5) is 5.69 Å². The Balaban J connectivity index is 2.31. The molecule has 5 heteroatoms. The van der Waals surface area contributed by atoms with Crippen molar-refractivity contribution >= 4 is 21.6 Å². The summed E-state index contributed by atoms with van der Waals surface area (Å²) >= 11 is 3.32. The summed E-state index contributed by atoms with van der Waals surface area (Å²) in [4.78, 5) is 11.4. The van der Waals surface area contributed by atoms with Crippen molar-refractivity contribution in [3.63, 3.8) is 0 Å². The van der Waals surface area contributed by atoms with Gasteiger partial charge in [-0.05, 0) is 39.7 Å². The topological polar surface area (TPSA) is 60.9 Å². The van der Waals surface area contributed by atoms with Crippen molar-refractivity contribution in [1.82, 2.24) is 9.78 Å². The number of aromatic nitrogens is 2. The monoisotopic (exact) mass is 279 g/mol. The molecule has 0 spiro atoms. The summed E-state index contributed by atoms with van der Waals surface area (Å²) in [7, 11) is 0. The van der Waals surface area contributed by atoms with Crippen molar-refractivity contribution in [2.75, 3.05) is 5.73 Å². The summed E-state index contributed by atoms with van der Waals surface area (Å²) in [6.07, 6.45) is 1.59. The molecule has 0 aliphatic rings. The van der Waals surface area contributed by atoms with E-state index in [1.54, 1.807) is 12.3 Å². The minimum Gasteiger partial charge on any atom is -0.398 e. The van der Waals surface area contributed by atoms with Crippen molar-refractivity contribution in [2.45, 2.75) is 6.54 Å². The van der Waals surface area contributed by atoms with Gasteiger partial charge in [-0.1, -0.05) is 6.07 Å². The molecule has 0 fully saturated rings. The summed E-state index contributed by atoms with van der Waals surface area (Å²) < 4.78 is 2.24.